The zero-order chi connectivity index (χ0) is 22.1. The maximum Gasteiger partial charge on any atom is 0.257 e. The first kappa shape index (κ1) is 21.7. The summed E-state index contributed by atoms with van der Waals surface area (Å²) >= 11 is 0. The molecule has 172 valence electrons. The summed E-state index contributed by atoms with van der Waals surface area (Å²) in [6.07, 6.45) is 7.18. The van der Waals surface area contributed by atoms with Crippen molar-refractivity contribution in [3.05, 3.63) is 53.9 Å². The van der Waals surface area contributed by atoms with E-state index in [-0.39, 0.29) is 17.9 Å². The number of carbonyl (C=O) groups excluding carboxylic acids is 1. The number of hydrogen-bond donors (Lipinski definition) is 0. The number of nitrogens with zero attached hydrogens (tertiary/aromatic N) is 4. The number of benzene rings is 1. The Bertz CT molecular complexity index is 921. The number of ether oxygens (including phenoxy) is 1. The SMILES string of the molecule is CC(C)n1nccc1[C@@H]1CN(CC2CCCC2)C[C@@]12OCCN(Cc1ccccc1)C2=O. The van der Waals surface area contributed by atoms with Crippen LogP contribution in [-0.2, 0) is 16.1 Å². The number of likely N-dealkylation sites (tertiary alicyclic amines) is 1. The molecule has 0 N–H and O–H groups in total. The van der Waals surface area contributed by atoms with E-state index in [0.29, 0.717) is 26.2 Å². The van der Waals surface area contributed by atoms with E-state index in [4.69, 9.17) is 4.74 Å². The highest BCUT2D eigenvalue weighted by atomic mass is 16.5. The van der Waals surface area contributed by atoms with Gasteiger partial charge in [0.05, 0.1) is 12.5 Å². The maximum atomic E-state index is 14.1. The first-order valence-electron chi connectivity index (χ1n) is 12.3. The molecule has 3 fully saturated rings. The fourth-order valence-corrected chi connectivity index (χ4v) is 6.06. The van der Waals surface area contributed by atoms with Crippen LogP contribution in [0.3, 0.4) is 0 Å². The van der Waals surface area contributed by atoms with Crippen LogP contribution in [0.2, 0.25) is 0 Å². The molecule has 2 aliphatic heterocycles. The van der Waals surface area contributed by atoms with Crippen molar-refractivity contribution in [1.82, 2.24) is 19.6 Å². The van der Waals surface area contributed by atoms with Gasteiger partial charge in [0, 0.05) is 50.7 Å². The molecule has 32 heavy (non-hydrogen) atoms. The van der Waals surface area contributed by atoms with Gasteiger partial charge in [-0.05, 0) is 44.2 Å². The molecular formula is C26H36N4O2. The first-order chi connectivity index (χ1) is 15.6. The van der Waals surface area contributed by atoms with Crippen LogP contribution in [0.1, 0.15) is 62.7 Å². The minimum absolute atomic E-state index is 0.000114. The van der Waals surface area contributed by atoms with Gasteiger partial charge in [0.15, 0.2) is 5.60 Å². The lowest BCUT2D eigenvalue weighted by atomic mass is 9.85. The van der Waals surface area contributed by atoms with Crippen molar-refractivity contribution >= 4 is 5.91 Å². The number of carbonyl (C=O) groups is 1. The highest BCUT2D eigenvalue weighted by Gasteiger charge is 2.58. The molecule has 3 heterocycles. The zero-order valence-electron chi connectivity index (χ0n) is 19.4. The Morgan fingerprint density at radius 2 is 1.94 bits per heavy atom. The van der Waals surface area contributed by atoms with Gasteiger partial charge in [-0.25, -0.2) is 0 Å². The topological polar surface area (TPSA) is 50.6 Å². The van der Waals surface area contributed by atoms with Crippen molar-refractivity contribution in [2.45, 2.75) is 63.6 Å². The molecule has 0 unspecified atom stereocenters. The first-order valence-corrected chi connectivity index (χ1v) is 12.3. The van der Waals surface area contributed by atoms with Gasteiger partial charge in [-0.15, -0.1) is 0 Å². The average molecular weight is 437 g/mol. The molecule has 2 atom stereocenters. The molecular weight excluding hydrogens is 400 g/mol. The number of hydrogen-bond acceptors (Lipinski definition) is 4. The third-order valence-corrected chi connectivity index (χ3v) is 7.59. The third kappa shape index (κ3) is 3.99. The van der Waals surface area contributed by atoms with E-state index in [1.54, 1.807) is 0 Å². The molecule has 1 aromatic heterocycles. The minimum Gasteiger partial charge on any atom is -0.361 e. The average Bonchev–Trinajstić information content (AvgIpc) is 3.53. The van der Waals surface area contributed by atoms with Crippen molar-refractivity contribution in [3.8, 4) is 0 Å². The molecule has 5 rings (SSSR count). The summed E-state index contributed by atoms with van der Waals surface area (Å²) in [7, 11) is 0. The highest BCUT2D eigenvalue weighted by molar-refractivity contribution is 5.88. The summed E-state index contributed by atoms with van der Waals surface area (Å²) in [6, 6.07) is 12.6. The molecule has 2 saturated heterocycles. The number of morpholine rings is 1. The number of amides is 1. The van der Waals surface area contributed by atoms with Crippen molar-refractivity contribution in [1.29, 1.82) is 0 Å². The molecule has 6 heteroatoms. The standard InChI is InChI=1S/C26H36N4O2/c1-20(2)30-24(12-13-27-30)23-18-28(16-21-10-6-7-11-21)19-26(23)25(31)29(14-15-32-26)17-22-8-4-3-5-9-22/h3-5,8-9,12-13,20-21,23H,6-7,10-11,14-19H2,1-2H3/t23-,26+/m0/s1. The van der Waals surface area contributed by atoms with Gasteiger partial charge in [0.25, 0.3) is 5.91 Å². The van der Waals surface area contributed by atoms with E-state index in [9.17, 15) is 4.79 Å². The number of aromatic nitrogens is 2. The van der Waals surface area contributed by atoms with E-state index in [1.807, 2.05) is 29.3 Å². The fraction of sp³-hybridized carbons (Fsp3) is 0.615. The van der Waals surface area contributed by atoms with Gasteiger partial charge in [-0.1, -0.05) is 43.2 Å². The van der Waals surface area contributed by atoms with Gasteiger partial charge < -0.3 is 9.64 Å². The quantitative estimate of drug-likeness (QED) is 0.690. The zero-order valence-corrected chi connectivity index (χ0v) is 19.4. The van der Waals surface area contributed by atoms with Gasteiger partial charge in [0.1, 0.15) is 0 Å². The molecule has 1 aliphatic carbocycles. The van der Waals surface area contributed by atoms with Crippen molar-refractivity contribution in [2.75, 3.05) is 32.8 Å². The summed E-state index contributed by atoms with van der Waals surface area (Å²) in [6.45, 7) is 8.80. The second kappa shape index (κ2) is 8.99. The minimum atomic E-state index is -0.821. The Hall–Kier alpha value is -2.18. The molecule has 6 nitrogen and oxygen atoms in total. The predicted molar refractivity (Wildman–Crippen MR) is 124 cm³/mol. The molecule has 2 aromatic rings. The fourth-order valence-electron chi connectivity index (χ4n) is 6.06. The molecule has 0 bridgehead atoms. The molecule has 1 spiro atoms. The van der Waals surface area contributed by atoms with Gasteiger partial charge in [0.2, 0.25) is 0 Å². The van der Waals surface area contributed by atoms with Crippen LogP contribution in [-0.4, -0.2) is 63.9 Å². The lowest BCUT2D eigenvalue weighted by Crippen LogP contribution is -2.60. The van der Waals surface area contributed by atoms with E-state index in [1.165, 1.54) is 31.2 Å². The molecule has 1 amide bonds. The highest BCUT2D eigenvalue weighted by Crippen LogP contribution is 2.43. The van der Waals surface area contributed by atoms with Crippen molar-refractivity contribution in [3.63, 3.8) is 0 Å². The Morgan fingerprint density at radius 3 is 2.69 bits per heavy atom. The van der Waals surface area contributed by atoms with Crippen LogP contribution in [0.15, 0.2) is 42.6 Å². The van der Waals surface area contributed by atoms with Crippen LogP contribution < -0.4 is 0 Å². The van der Waals surface area contributed by atoms with Crippen molar-refractivity contribution in [2.24, 2.45) is 5.92 Å². The van der Waals surface area contributed by atoms with Crippen molar-refractivity contribution < 1.29 is 9.53 Å². The van der Waals surface area contributed by atoms with E-state index in [2.05, 4.69) is 46.7 Å². The van der Waals surface area contributed by atoms with Gasteiger partial charge in [-0.3, -0.25) is 14.4 Å². The third-order valence-electron chi connectivity index (χ3n) is 7.59. The summed E-state index contributed by atoms with van der Waals surface area (Å²) in [5.41, 5.74) is 1.48. The lowest BCUT2D eigenvalue weighted by molar-refractivity contribution is -0.173. The van der Waals surface area contributed by atoms with E-state index >= 15 is 0 Å². The second-order valence-corrected chi connectivity index (χ2v) is 10.1. The summed E-state index contributed by atoms with van der Waals surface area (Å²) in [5.74, 6) is 0.892. The molecule has 1 saturated carbocycles. The molecule has 1 aromatic carbocycles. The van der Waals surface area contributed by atoms with E-state index in [0.717, 1.165) is 24.7 Å². The van der Waals surface area contributed by atoms with Crippen LogP contribution in [0.5, 0.6) is 0 Å². The summed E-state index contributed by atoms with van der Waals surface area (Å²) < 4.78 is 8.58. The summed E-state index contributed by atoms with van der Waals surface area (Å²) in [5, 5.41) is 4.60. The van der Waals surface area contributed by atoms with Crippen LogP contribution in [0, 0.1) is 5.92 Å². The Balaban J connectivity index is 1.45. The monoisotopic (exact) mass is 436 g/mol. The Labute approximate surface area is 191 Å². The maximum absolute atomic E-state index is 14.1. The smallest absolute Gasteiger partial charge is 0.257 e. The lowest BCUT2D eigenvalue weighted by Gasteiger charge is -2.42. The number of rotatable bonds is 6. The predicted octanol–water partition coefficient (Wildman–Crippen LogP) is 3.85. The van der Waals surface area contributed by atoms with Crippen LogP contribution >= 0.6 is 0 Å². The van der Waals surface area contributed by atoms with E-state index < -0.39 is 5.60 Å². The normalized spacial score (nSPS) is 27.3. The Kier molecular flexibility index (Phi) is 6.08. The van der Waals surface area contributed by atoms with Crippen LogP contribution in [0.4, 0.5) is 0 Å². The van der Waals surface area contributed by atoms with Crippen LogP contribution in [0.25, 0.3) is 0 Å². The van der Waals surface area contributed by atoms with Gasteiger partial charge >= 0.3 is 0 Å². The largest absolute Gasteiger partial charge is 0.361 e. The molecule has 0 radical (unpaired) electrons. The molecule has 3 aliphatic rings. The van der Waals surface area contributed by atoms with Gasteiger partial charge in [-0.2, -0.15) is 5.10 Å². The second-order valence-electron chi connectivity index (χ2n) is 10.1. The Morgan fingerprint density at radius 1 is 1.16 bits per heavy atom. The summed E-state index contributed by atoms with van der Waals surface area (Å²) in [4.78, 5) is 18.6.